The third kappa shape index (κ3) is 2.65. The Morgan fingerprint density at radius 2 is 2.15 bits per heavy atom. The van der Waals surface area contributed by atoms with Gasteiger partial charge in [0.25, 0.3) is 0 Å². The first-order chi connectivity index (χ1) is 9.58. The normalized spacial score (nSPS) is 18.4. The van der Waals surface area contributed by atoms with E-state index in [1.807, 2.05) is 24.5 Å². The van der Waals surface area contributed by atoms with E-state index in [4.69, 9.17) is 4.74 Å². The number of methoxy groups -OCH3 is 1. The van der Waals surface area contributed by atoms with E-state index in [0.29, 0.717) is 16.6 Å². The van der Waals surface area contributed by atoms with E-state index in [0.717, 1.165) is 5.56 Å². The summed E-state index contributed by atoms with van der Waals surface area (Å²) in [5.41, 5.74) is 1.60. The van der Waals surface area contributed by atoms with Crippen LogP contribution in [0.25, 0.3) is 0 Å². The van der Waals surface area contributed by atoms with Crippen molar-refractivity contribution in [1.82, 2.24) is 5.32 Å². The molecule has 1 aromatic carbocycles. The van der Waals surface area contributed by atoms with Crippen molar-refractivity contribution in [2.75, 3.05) is 13.4 Å². The maximum Gasteiger partial charge on any atom is 0.335 e. The van der Waals surface area contributed by atoms with Crippen LogP contribution in [0.3, 0.4) is 0 Å². The zero-order valence-electron chi connectivity index (χ0n) is 11.5. The Morgan fingerprint density at radius 3 is 2.75 bits per heavy atom. The van der Waals surface area contributed by atoms with Crippen LogP contribution in [-0.4, -0.2) is 29.6 Å². The Morgan fingerprint density at radius 1 is 1.45 bits per heavy atom. The molecule has 106 valence electrons. The van der Waals surface area contributed by atoms with Gasteiger partial charge in [0.2, 0.25) is 0 Å². The molecule has 1 atom stereocenters. The number of carboxylic acid groups (broad SMARTS) is 1. The minimum absolute atomic E-state index is 0.243. The molecular formula is C14H16N2O3S. The lowest BCUT2D eigenvalue weighted by Gasteiger charge is -2.25. The number of thioether (sulfide) groups is 1. The Labute approximate surface area is 121 Å². The molecule has 0 saturated carbocycles. The predicted molar refractivity (Wildman–Crippen MR) is 80.2 cm³/mol. The van der Waals surface area contributed by atoms with Gasteiger partial charge in [0.1, 0.15) is 11.8 Å². The molecule has 0 saturated heterocycles. The number of hydrogen-bond donors (Lipinski definition) is 2. The molecule has 0 spiro atoms. The van der Waals surface area contributed by atoms with Gasteiger partial charge in [-0.1, -0.05) is 30.0 Å². The van der Waals surface area contributed by atoms with E-state index in [9.17, 15) is 9.90 Å². The fraction of sp³-hybridized carbons (Fsp3) is 0.286. The van der Waals surface area contributed by atoms with Crippen molar-refractivity contribution in [3.05, 3.63) is 41.1 Å². The number of carbonyl (C=O) groups is 1. The van der Waals surface area contributed by atoms with Gasteiger partial charge in [0.15, 0.2) is 5.17 Å². The Hall–Kier alpha value is -1.95. The lowest BCUT2D eigenvalue weighted by atomic mass is 9.96. The van der Waals surface area contributed by atoms with Gasteiger partial charge in [-0.15, -0.1) is 0 Å². The summed E-state index contributed by atoms with van der Waals surface area (Å²) in [5.74, 6) is -0.343. The molecule has 1 unspecified atom stereocenters. The first-order valence-corrected chi connectivity index (χ1v) is 7.26. The summed E-state index contributed by atoms with van der Waals surface area (Å²) in [7, 11) is 1.57. The molecule has 0 fully saturated rings. The number of carboxylic acids is 1. The van der Waals surface area contributed by atoms with Crippen molar-refractivity contribution >= 4 is 22.9 Å². The number of nitrogens with one attached hydrogen (secondary N) is 1. The maximum atomic E-state index is 11.5. The minimum atomic E-state index is -0.977. The molecule has 6 heteroatoms. The van der Waals surface area contributed by atoms with Gasteiger partial charge in [-0.2, -0.15) is 0 Å². The summed E-state index contributed by atoms with van der Waals surface area (Å²) in [4.78, 5) is 16.0. The fourth-order valence-corrected chi connectivity index (χ4v) is 2.61. The van der Waals surface area contributed by atoms with E-state index in [2.05, 4.69) is 10.3 Å². The molecule has 2 N–H and O–H groups in total. The second kappa shape index (κ2) is 6.00. The molecule has 1 heterocycles. The van der Waals surface area contributed by atoms with Crippen LogP contribution >= 0.6 is 11.8 Å². The molecule has 0 amide bonds. The number of ether oxygens (including phenoxy) is 1. The molecule has 0 aliphatic carbocycles. The molecule has 1 aromatic rings. The van der Waals surface area contributed by atoms with Crippen LogP contribution in [0.4, 0.5) is 0 Å². The molecule has 20 heavy (non-hydrogen) atoms. The van der Waals surface area contributed by atoms with Gasteiger partial charge >= 0.3 is 5.97 Å². The molecule has 0 radical (unpaired) electrons. The zero-order chi connectivity index (χ0) is 14.7. The van der Waals surface area contributed by atoms with Crippen LogP contribution in [0.15, 0.2) is 40.5 Å². The number of allylic oxidation sites excluding steroid dienone is 1. The maximum absolute atomic E-state index is 11.5. The summed E-state index contributed by atoms with van der Waals surface area (Å²) >= 11 is 1.45. The van der Waals surface area contributed by atoms with Crippen molar-refractivity contribution in [3.63, 3.8) is 0 Å². The number of benzene rings is 1. The summed E-state index contributed by atoms with van der Waals surface area (Å²) in [6.45, 7) is 1.75. The van der Waals surface area contributed by atoms with Gasteiger partial charge < -0.3 is 15.2 Å². The first kappa shape index (κ1) is 14.5. The average Bonchev–Trinajstić information content (AvgIpc) is 2.45. The standard InChI is InChI=1S/C14H16N2O3S/c1-8-11(13(17)18)12(16-14(15-8)20-3)9-6-4-5-7-10(9)19-2/h4-7,12H,1-3H3,(H,15,16)(H,17,18). The van der Waals surface area contributed by atoms with Crippen LogP contribution in [0.1, 0.15) is 18.5 Å². The highest BCUT2D eigenvalue weighted by Crippen LogP contribution is 2.36. The Kier molecular flexibility index (Phi) is 4.34. The lowest BCUT2D eigenvalue weighted by Crippen LogP contribution is -2.29. The number of nitrogens with zero attached hydrogens (tertiary/aromatic N) is 1. The second-order valence-electron chi connectivity index (χ2n) is 4.25. The van der Waals surface area contributed by atoms with E-state index in [-0.39, 0.29) is 5.57 Å². The van der Waals surface area contributed by atoms with Gasteiger partial charge in [-0.25, -0.2) is 9.79 Å². The topological polar surface area (TPSA) is 70.9 Å². The number of amidine groups is 1. The lowest BCUT2D eigenvalue weighted by molar-refractivity contribution is -0.133. The minimum Gasteiger partial charge on any atom is -0.496 e. The second-order valence-corrected chi connectivity index (χ2v) is 5.05. The summed E-state index contributed by atoms with van der Waals surface area (Å²) in [5, 5.41) is 13.2. The third-order valence-electron chi connectivity index (χ3n) is 3.08. The van der Waals surface area contributed by atoms with E-state index < -0.39 is 12.0 Å². The van der Waals surface area contributed by atoms with Gasteiger partial charge in [-0.05, 0) is 19.2 Å². The van der Waals surface area contributed by atoms with E-state index >= 15 is 0 Å². The number of aliphatic carboxylic acids is 1. The highest BCUT2D eigenvalue weighted by molar-refractivity contribution is 8.13. The number of rotatable bonds is 3. The van der Waals surface area contributed by atoms with Gasteiger partial charge in [-0.3, -0.25) is 0 Å². The monoisotopic (exact) mass is 292 g/mol. The number of para-hydroxylation sites is 1. The number of hydrogen-bond acceptors (Lipinski definition) is 5. The number of aliphatic imine (C=N–C) groups is 1. The molecule has 1 aliphatic heterocycles. The third-order valence-corrected chi connectivity index (χ3v) is 3.67. The largest absolute Gasteiger partial charge is 0.496 e. The van der Waals surface area contributed by atoms with Crippen LogP contribution in [0.2, 0.25) is 0 Å². The molecule has 1 aliphatic rings. The molecule has 0 bridgehead atoms. The average molecular weight is 292 g/mol. The van der Waals surface area contributed by atoms with E-state index in [1.165, 1.54) is 11.8 Å². The van der Waals surface area contributed by atoms with Crippen LogP contribution in [-0.2, 0) is 4.79 Å². The summed E-state index contributed by atoms with van der Waals surface area (Å²) < 4.78 is 5.32. The molecule has 0 aromatic heterocycles. The molecular weight excluding hydrogens is 276 g/mol. The Balaban J connectivity index is 2.57. The van der Waals surface area contributed by atoms with Gasteiger partial charge in [0, 0.05) is 11.3 Å². The zero-order valence-corrected chi connectivity index (χ0v) is 12.3. The first-order valence-electron chi connectivity index (χ1n) is 6.04. The van der Waals surface area contributed by atoms with Crippen LogP contribution in [0, 0.1) is 0 Å². The summed E-state index contributed by atoms with van der Waals surface area (Å²) in [6, 6.07) is 6.78. The van der Waals surface area contributed by atoms with E-state index in [1.54, 1.807) is 20.1 Å². The van der Waals surface area contributed by atoms with Crippen molar-refractivity contribution < 1.29 is 14.6 Å². The SMILES string of the molecule is COc1ccccc1C1N=C(SC)NC(C)=C1C(=O)O. The van der Waals surface area contributed by atoms with Gasteiger partial charge in [0.05, 0.1) is 12.7 Å². The van der Waals surface area contributed by atoms with Crippen molar-refractivity contribution in [2.24, 2.45) is 4.99 Å². The highest BCUT2D eigenvalue weighted by atomic mass is 32.2. The van der Waals surface area contributed by atoms with Crippen LogP contribution < -0.4 is 10.1 Å². The summed E-state index contributed by atoms with van der Waals surface area (Å²) in [6.07, 6.45) is 1.89. The van der Waals surface area contributed by atoms with Crippen LogP contribution in [0.5, 0.6) is 5.75 Å². The van der Waals surface area contributed by atoms with Crippen molar-refractivity contribution in [2.45, 2.75) is 13.0 Å². The van der Waals surface area contributed by atoms with Crippen molar-refractivity contribution in [3.8, 4) is 5.75 Å². The predicted octanol–water partition coefficient (Wildman–Crippen LogP) is 2.42. The quantitative estimate of drug-likeness (QED) is 0.895. The molecule has 2 rings (SSSR count). The highest BCUT2D eigenvalue weighted by Gasteiger charge is 2.30. The Bertz CT molecular complexity index is 596. The smallest absolute Gasteiger partial charge is 0.335 e. The van der Waals surface area contributed by atoms with Crippen molar-refractivity contribution in [1.29, 1.82) is 0 Å². The fourth-order valence-electron chi connectivity index (χ4n) is 2.15. The molecule has 5 nitrogen and oxygen atoms in total.